The highest BCUT2D eigenvalue weighted by Gasteiger charge is 2.09. The standard InChI is InChI=1S/C14H11F2NO2/c15-11-6-5-10(8-12(11)16)17-14(19)7-9-3-1-2-4-13(9)18/h1-6,8,18H,7H2,(H,17,19). The summed E-state index contributed by atoms with van der Waals surface area (Å²) in [4.78, 5) is 11.7. The lowest BCUT2D eigenvalue weighted by atomic mass is 10.1. The number of rotatable bonds is 3. The summed E-state index contributed by atoms with van der Waals surface area (Å²) in [7, 11) is 0. The highest BCUT2D eigenvalue weighted by atomic mass is 19.2. The minimum atomic E-state index is -1.03. The van der Waals surface area contributed by atoms with Crippen LogP contribution in [-0.2, 0) is 11.2 Å². The second-order valence-corrected chi connectivity index (χ2v) is 3.98. The summed E-state index contributed by atoms with van der Waals surface area (Å²) in [5, 5.41) is 11.9. The summed E-state index contributed by atoms with van der Waals surface area (Å²) < 4.78 is 25.7. The number of nitrogens with one attached hydrogen (secondary N) is 1. The number of amides is 1. The van der Waals surface area contributed by atoms with Gasteiger partial charge in [0.1, 0.15) is 5.75 Å². The van der Waals surface area contributed by atoms with E-state index in [0.717, 1.165) is 12.1 Å². The molecule has 2 aromatic carbocycles. The van der Waals surface area contributed by atoms with E-state index in [1.54, 1.807) is 18.2 Å². The Morgan fingerprint density at radius 3 is 2.53 bits per heavy atom. The van der Waals surface area contributed by atoms with Crippen LogP contribution < -0.4 is 5.32 Å². The van der Waals surface area contributed by atoms with Gasteiger partial charge in [0, 0.05) is 17.3 Å². The first kappa shape index (κ1) is 13.0. The summed E-state index contributed by atoms with van der Waals surface area (Å²) in [5.74, 6) is -2.41. The average Bonchev–Trinajstić information content (AvgIpc) is 2.37. The van der Waals surface area contributed by atoms with Gasteiger partial charge in [-0.25, -0.2) is 8.78 Å². The minimum Gasteiger partial charge on any atom is -0.508 e. The number of carbonyl (C=O) groups is 1. The molecule has 0 heterocycles. The number of hydrogen-bond donors (Lipinski definition) is 2. The third-order valence-corrected chi connectivity index (χ3v) is 2.55. The predicted molar refractivity (Wildman–Crippen MR) is 66.8 cm³/mol. The van der Waals surface area contributed by atoms with Crippen molar-refractivity contribution in [2.75, 3.05) is 5.32 Å². The quantitative estimate of drug-likeness (QED) is 0.894. The highest BCUT2D eigenvalue weighted by molar-refractivity contribution is 5.92. The van der Waals surface area contributed by atoms with Gasteiger partial charge in [0.15, 0.2) is 11.6 Å². The van der Waals surface area contributed by atoms with E-state index in [2.05, 4.69) is 5.32 Å². The third kappa shape index (κ3) is 3.28. The molecule has 0 spiro atoms. The van der Waals surface area contributed by atoms with Crippen LogP contribution in [0.1, 0.15) is 5.56 Å². The van der Waals surface area contributed by atoms with Crippen molar-refractivity contribution in [2.45, 2.75) is 6.42 Å². The number of para-hydroxylation sites is 1. The Hall–Kier alpha value is -2.43. The fourth-order valence-electron chi connectivity index (χ4n) is 1.61. The van der Waals surface area contributed by atoms with Crippen LogP contribution in [-0.4, -0.2) is 11.0 Å². The predicted octanol–water partition coefficient (Wildman–Crippen LogP) is 2.85. The lowest BCUT2D eigenvalue weighted by Crippen LogP contribution is -2.14. The van der Waals surface area contributed by atoms with Crippen molar-refractivity contribution >= 4 is 11.6 Å². The first-order chi connectivity index (χ1) is 9.06. The fourth-order valence-corrected chi connectivity index (χ4v) is 1.61. The van der Waals surface area contributed by atoms with Crippen LogP contribution in [0, 0.1) is 11.6 Å². The van der Waals surface area contributed by atoms with E-state index in [1.165, 1.54) is 12.1 Å². The molecule has 19 heavy (non-hydrogen) atoms. The summed E-state index contributed by atoms with van der Waals surface area (Å²) in [6.45, 7) is 0. The molecule has 0 aliphatic heterocycles. The molecule has 0 atom stereocenters. The minimum absolute atomic E-state index is 0.0166. The van der Waals surface area contributed by atoms with Gasteiger partial charge in [-0.05, 0) is 18.2 Å². The van der Waals surface area contributed by atoms with Crippen molar-refractivity contribution in [3.63, 3.8) is 0 Å². The SMILES string of the molecule is O=C(Cc1ccccc1O)Nc1ccc(F)c(F)c1. The second-order valence-electron chi connectivity index (χ2n) is 3.98. The van der Waals surface area contributed by atoms with Crippen LogP contribution in [0.25, 0.3) is 0 Å². The van der Waals surface area contributed by atoms with Crippen LogP contribution in [0.5, 0.6) is 5.75 Å². The van der Waals surface area contributed by atoms with Crippen molar-refractivity contribution in [3.05, 3.63) is 59.7 Å². The number of hydrogen-bond acceptors (Lipinski definition) is 2. The van der Waals surface area contributed by atoms with Crippen LogP contribution in [0.3, 0.4) is 0 Å². The van der Waals surface area contributed by atoms with E-state index in [-0.39, 0.29) is 17.9 Å². The molecule has 0 saturated carbocycles. The lowest BCUT2D eigenvalue weighted by molar-refractivity contribution is -0.115. The van der Waals surface area contributed by atoms with E-state index >= 15 is 0 Å². The van der Waals surface area contributed by atoms with Gasteiger partial charge < -0.3 is 10.4 Å². The fraction of sp³-hybridized carbons (Fsp3) is 0.0714. The molecule has 0 unspecified atom stereocenters. The molecule has 0 saturated heterocycles. The summed E-state index contributed by atoms with van der Waals surface area (Å²) >= 11 is 0. The van der Waals surface area contributed by atoms with Crippen molar-refractivity contribution in [1.82, 2.24) is 0 Å². The van der Waals surface area contributed by atoms with Gasteiger partial charge in [-0.3, -0.25) is 4.79 Å². The molecule has 2 aromatic rings. The maximum atomic E-state index is 13.0. The highest BCUT2D eigenvalue weighted by Crippen LogP contribution is 2.17. The number of carbonyl (C=O) groups excluding carboxylic acids is 1. The number of halogens is 2. The van der Waals surface area contributed by atoms with Crippen molar-refractivity contribution < 1.29 is 18.7 Å². The zero-order valence-electron chi connectivity index (χ0n) is 9.86. The van der Waals surface area contributed by atoms with Crippen LogP contribution >= 0.6 is 0 Å². The van der Waals surface area contributed by atoms with Crippen LogP contribution in [0.2, 0.25) is 0 Å². The van der Waals surface area contributed by atoms with E-state index in [4.69, 9.17) is 0 Å². The number of anilines is 1. The molecule has 0 bridgehead atoms. The molecule has 3 nitrogen and oxygen atoms in total. The Morgan fingerprint density at radius 1 is 1.11 bits per heavy atom. The second kappa shape index (κ2) is 5.48. The van der Waals surface area contributed by atoms with Crippen molar-refractivity contribution in [1.29, 1.82) is 0 Å². The van der Waals surface area contributed by atoms with E-state index in [0.29, 0.717) is 5.56 Å². The molecule has 0 aromatic heterocycles. The molecule has 2 N–H and O–H groups in total. The van der Waals surface area contributed by atoms with Gasteiger partial charge in [0.2, 0.25) is 5.91 Å². The number of aromatic hydroxyl groups is 1. The first-order valence-corrected chi connectivity index (χ1v) is 5.58. The molecule has 0 fully saturated rings. The monoisotopic (exact) mass is 263 g/mol. The smallest absolute Gasteiger partial charge is 0.228 e. The van der Waals surface area contributed by atoms with Crippen molar-refractivity contribution in [3.8, 4) is 5.75 Å². The Bertz CT molecular complexity index is 614. The molecule has 2 rings (SSSR count). The average molecular weight is 263 g/mol. The number of phenols is 1. The number of benzene rings is 2. The number of phenolic OH excluding ortho intramolecular Hbond substituents is 1. The molecular formula is C14H11F2NO2. The summed E-state index contributed by atoms with van der Waals surface area (Å²) in [6.07, 6.45) is -0.0499. The Morgan fingerprint density at radius 2 is 1.84 bits per heavy atom. The third-order valence-electron chi connectivity index (χ3n) is 2.55. The van der Waals surface area contributed by atoms with Gasteiger partial charge in [0.05, 0.1) is 6.42 Å². The zero-order valence-corrected chi connectivity index (χ0v) is 9.86. The molecule has 0 radical (unpaired) electrons. The van der Waals surface area contributed by atoms with Crippen molar-refractivity contribution in [2.24, 2.45) is 0 Å². The van der Waals surface area contributed by atoms with Crippen LogP contribution in [0.15, 0.2) is 42.5 Å². The summed E-state index contributed by atoms with van der Waals surface area (Å²) in [6, 6.07) is 9.52. The molecular weight excluding hydrogens is 252 g/mol. The van der Waals surface area contributed by atoms with Gasteiger partial charge in [-0.15, -0.1) is 0 Å². The maximum Gasteiger partial charge on any atom is 0.228 e. The Kier molecular flexibility index (Phi) is 3.75. The topological polar surface area (TPSA) is 49.3 Å². The van der Waals surface area contributed by atoms with E-state index < -0.39 is 17.5 Å². The Balaban J connectivity index is 2.05. The lowest BCUT2D eigenvalue weighted by Gasteiger charge is -2.07. The molecule has 0 aliphatic carbocycles. The largest absolute Gasteiger partial charge is 0.508 e. The van der Waals surface area contributed by atoms with Gasteiger partial charge in [-0.2, -0.15) is 0 Å². The van der Waals surface area contributed by atoms with Crippen LogP contribution in [0.4, 0.5) is 14.5 Å². The van der Waals surface area contributed by atoms with E-state index in [9.17, 15) is 18.7 Å². The normalized spacial score (nSPS) is 10.2. The van der Waals surface area contributed by atoms with Gasteiger partial charge >= 0.3 is 0 Å². The molecule has 98 valence electrons. The molecule has 1 amide bonds. The first-order valence-electron chi connectivity index (χ1n) is 5.58. The maximum absolute atomic E-state index is 13.0. The summed E-state index contributed by atoms with van der Waals surface area (Å²) in [5.41, 5.74) is 0.627. The Labute approximate surface area is 108 Å². The van der Waals surface area contributed by atoms with Gasteiger partial charge in [0.25, 0.3) is 0 Å². The van der Waals surface area contributed by atoms with Gasteiger partial charge in [-0.1, -0.05) is 18.2 Å². The van der Waals surface area contributed by atoms with E-state index in [1.807, 2.05) is 0 Å². The zero-order chi connectivity index (χ0) is 13.8. The molecule has 0 aliphatic rings. The molecule has 5 heteroatoms.